The van der Waals surface area contributed by atoms with Gasteiger partial charge in [-0.15, -0.1) is 0 Å². The Morgan fingerprint density at radius 3 is 2.43 bits per heavy atom. The minimum absolute atomic E-state index is 0.0262. The molecule has 3 rings (SSSR count). The van der Waals surface area contributed by atoms with E-state index in [1.165, 1.54) is 35.5 Å². The number of H-pyrrole nitrogens is 1. The van der Waals surface area contributed by atoms with Gasteiger partial charge in [-0.1, -0.05) is 24.3 Å². The zero-order chi connectivity index (χ0) is 21.9. The van der Waals surface area contributed by atoms with Crippen LogP contribution >= 0.6 is 0 Å². The molecule has 0 amide bonds. The van der Waals surface area contributed by atoms with Crippen molar-refractivity contribution in [1.82, 2.24) is 9.29 Å². The van der Waals surface area contributed by atoms with Gasteiger partial charge in [0.1, 0.15) is 0 Å². The molecule has 7 nitrogen and oxygen atoms in total. The Balaban J connectivity index is 1.98. The first kappa shape index (κ1) is 21.9. The van der Waals surface area contributed by atoms with Crippen molar-refractivity contribution in [2.45, 2.75) is 31.7 Å². The lowest BCUT2D eigenvalue weighted by atomic mass is 10.1. The molecular weight excluding hydrogens is 404 g/mol. The van der Waals surface area contributed by atoms with Gasteiger partial charge in [-0.05, 0) is 55.5 Å². The fourth-order valence-electron chi connectivity index (χ4n) is 3.21. The number of ketones is 1. The number of benzene rings is 2. The second-order valence-electron chi connectivity index (χ2n) is 7.21. The summed E-state index contributed by atoms with van der Waals surface area (Å²) in [5.41, 5.74) is 2.06. The highest BCUT2D eigenvalue weighted by atomic mass is 32.2. The van der Waals surface area contributed by atoms with Gasteiger partial charge in [-0.25, -0.2) is 8.42 Å². The lowest BCUT2D eigenvalue weighted by Gasteiger charge is -2.22. The van der Waals surface area contributed by atoms with E-state index >= 15 is 0 Å². The van der Waals surface area contributed by atoms with Crippen LogP contribution in [0.3, 0.4) is 0 Å². The van der Waals surface area contributed by atoms with Crippen LogP contribution in [0.2, 0.25) is 0 Å². The van der Waals surface area contributed by atoms with Crippen LogP contribution in [0.25, 0.3) is 10.9 Å². The number of fused-ring (bicyclic) bond motifs is 1. The van der Waals surface area contributed by atoms with E-state index in [0.29, 0.717) is 16.6 Å². The van der Waals surface area contributed by atoms with Gasteiger partial charge in [0.15, 0.2) is 5.78 Å². The predicted octanol–water partition coefficient (Wildman–Crippen LogP) is 2.61. The lowest BCUT2D eigenvalue weighted by molar-refractivity contribution is 0.101. The molecule has 0 aliphatic carbocycles. The maximum atomic E-state index is 13.2. The normalized spacial score (nSPS) is 11.9. The molecule has 158 valence electrons. The monoisotopic (exact) mass is 428 g/mol. The van der Waals surface area contributed by atoms with Gasteiger partial charge in [0.25, 0.3) is 5.56 Å². The van der Waals surface area contributed by atoms with Crippen LogP contribution in [0.5, 0.6) is 0 Å². The molecule has 0 atom stereocenters. The number of nitrogens with one attached hydrogen (secondary N) is 1. The van der Waals surface area contributed by atoms with Crippen molar-refractivity contribution >= 4 is 26.7 Å². The minimum Gasteiger partial charge on any atom is -0.396 e. The molecule has 0 spiro atoms. The van der Waals surface area contributed by atoms with Gasteiger partial charge in [0.2, 0.25) is 10.0 Å². The zero-order valence-electron chi connectivity index (χ0n) is 16.9. The quantitative estimate of drug-likeness (QED) is 0.536. The Morgan fingerprint density at radius 1 is 1.10 bits per heavy atom. The Labute approximate surface area is 175 Å². The molecule has 0 fully saturated rings. The van der Waals surface area contributed by atoms with Crippen molar-refractivity contribution in [3.8, 4) is 0 Å². The Hall–Kier alpha value is -2.81. The summed E-state index contributed by atoms with van der Waals surface area (Å²) in [5, 5.41) is 10.0. The standard InChI is InChI=1S/C22H24N2O5S/c1-15-4-5-18-13-19(22(27)23-21(18)12-15)14-24(10-3-11-25)30(28,29)20-8-6-17(7-9-20)16(2)26/h4-9,12-13,25H,3,10-11,14H2,1-2H3,(H,23,27). The van der Waals surface area contributed by atoms with Gasteiger partial charge in [-0.2, -0.15) is 4.31 Å². The van der Waals surface area contributed by atoms with Crippen LogP contribution in [0.1, 0.15) is 34.8 Å². The first-order chi connectivity index (χ1) is 14.2. The molecule has 0 saturated heterocycles. The molecule has 2 aromatic carbocycles. The third kappa shape index (κ3) is 4.67. The molecule has 0 aliphatic rings. The average molecular weight is 429 g/mol. The zero-order valence-corrected chi connectivity index (χ0v) is 17.7. The van der Waals surface area contributed by atoms with E-state index in [2.05, 4.69) is 4.98 Å². The molecule has 2 N–H and O–H groups in total. The Morgan fingerprint density at radius 2 is 1.80 bits per heavy atom. The number of aromatic amines is 1. The van der Waals surface area contributed by atoms with Crippen molar-refractivity contribution < 1.29 is 18.3 Å². The van der Waals surface area contributed by atoms with Gasteiger partial charge < -0.3 is 10.1 Å². The highest BCUT2D eigenvalue weighted by Gasteiger charge is 2.25. The Kier molecular flexibility index (Phi) is 6.50. The molecule has 0 saturated carbocycles. The molecular formula is C22H24N2O5S. The summed E-state index contributed by atoms with van der Waals surface area (Å²) in [6.07, 6.45) is 0.232. The number of hydrogen-bond acceptors (Lipinski definition) is 5. The number of hydrogen-bond donors (Lipinski definition) is 2. The second-order valence-corrected chi connectivity index (χ2v) is 9.15. The summed E-state index contributed by atoms with van der Waals surface area (Å²) >= 11 is 0. The number of carbonyl (C=O) groups is 1. The fraction of sp³-hybridized carbons (Fsp3) is 0.273. The van der Waals surface area contributed by atoms with E-state index in [1.54, 1.807) is 6.07 Å². The lowest BCUT2D eigenvalue weighted by Crippen LogP contribution is -2.34. The van der Waals surface area contributed by atoms with Gasteiger partial charge >= 0.3 is 0 Å². The number of aryl methyl sites for hydroxylation is 1. The number of aliphatic hydroxyl groups is 1. The fourth-order valence-corrected chi connectivity index (χ4v) is 4.67. The van der Waals surface area contributed by atoms with Crippen molar-refractivity contribution in [2.75, 3.05) is 13.2 Å². The average Bonchev–Trinajstić information content (AvgIpc) is 2.71. The maximum Gasteiger partial charge on any atom is 0.252 e. The van der Waals surface area contributed by atoms with Gasteiger partial charge in [-0.3, -0.25) is 9.59 Å². The predicted molar refractivity (Wildman–Crippen MR) is 115 cm³/mol. The smallest absolute Gasteiger partial charge is 0.252 e. The van der Waals surface area contributed by atoms with Crippen LogP contribution in [0.4, 0.5) is 0 Å². The molecule has 1 heterocycles. The molecule has 0 radical (unpaired) electrons. The number of nitrogens with zero attached hydrogens (tertiary/aromatic N) is 1. The highest BCUT2D eigenvalue weighted by Crippen LogP contribution is 2.20. The van der Waals surface area contributed by atoms with Crippen molar-refractivity contribution in [3.63, 3.8) is 0 Å². The molecule has 0 bridgehead atoms. The maximum absolute atomic E-state index is 13.2. The topological polar surface area (TPSA) is 108 Å². The van der Waals surface area contributed by atoms with Gasteiger partial charge in [0.05, 0.1) is 4.90 Å². The summed E-state index contributed by atoms with van der Waals surface area (Å²) in [7, 11) is -3.93. The number of sulfonamides is 1. The van der Waals surface area contributed by atoms with E-state index in [4.69, 9.17) is 0 Å². The number of Topliss-reactive ketones (excluding diaryl/α,β-unsaturated/α-hetero) is 1. The van der Waals surface area contributed by atoms with Crippen LogP contribution in [0, 0.1) is 6.92 Å². The van der Waals surface area contributed by atoms with Crippen molar-refractivity contribution in [2.24, 2.45) is 0 Å². The number of carbonyl (C=O) groups excluding carboxylic acids is 1. The molecule has 1 aromatic heterocycles. The summed E-state index contributed by atoms with van der Waals surface area (Å²) in [5.74, 6) is -0.158. The first-order valence-electron chi connectivity index (χ1n) is 9.57. The molecule has 30 heavy (non-hydrogen) atoms. The number of rotatable bonds is 8. The minimum atomic E-state index is -3.93. The van der Waals surface area contributed by atoms with E-state index in [0.717, 1.165) is 10.9 Å². The highest BCUT2D eigenvalue weighted by molar-refractivity contribution is 7.89. The Bertz CT molecular complexity index is 1230. The first-order valence-corrected chi connectivity index (χ1v) is 11.0. The number of aromatic nitrogens is 1. The summed E-state index contributed by atoms with van der Waals surface area (Å²) in [6, 6.07) is 13.0. The van der Waals surface area contributed by atoms with Crippen LogP contribution < -0.4 is 5.56 Å². The molecule has 8 heteroatoms. The summed E-state index contributed by atoms with van der Waals surface area (Å²) < 4.78 is 27.6. The van der Waals surface area contributed by atoms with E-state index < -0.39 is 10.0 Å². The van der Waals surface area contributed by atoms with Crippen molar-refractivity contribution in [1.29, 1.82) is 0 Å². The van der Waals surface area contributed by atoms with Crippen LogP contribution in [-0.4, -0.2) is 41.7 Å². The van der Waals surface area contributed by atoms with E-state index in [1.807, 2.05) is 25.1 Å². The largest absolute Gasteiger partial charge is 0.396 e. The third-order valence-electron chi connectivity index (χ3n) is 4.89. The molecule has 0 aliphatic heterocycles. The second kappa shape index (κ2) is 8.91. The summed E-state index contributed by atoms with van der Waals surface area (Å²) in [6.45, 7) is 3.08. The molecule has 3 aromatic rings. The number of aliphatic hydroxyl groups excluding tert-OH is 1. The molecule has 0 unspecified atom stereocenters. The number of pyridine rings is 1. The summed E-state index contributed by atoms with van der Waals surface area (Å²) in [4.78, 5) is 26.9. The van der Waals surface area contributed by atoms with Crippen molar-refractivity contribution in [3.05, 3.63) is 75.6 Å². The van der Waals surface area contributed by atoms with E-state index in [-0.39, 0.29) is 42.4 Å². The third-order valence-corrected chi connectivity index (χ3v) is 6.75. The SMILES string of the molecule is CC(=O)c1ccc(S(=O)(=O)N(CCCO)Cc2cc3ccc(C)cc3[nH]c2=O)cc1. The van der Waals surface area contributed by atoms with Crippen LogP contribution in [-0.2, 0) is 16.6 Å². The van der Waals surface area contributed by atoms with Gasteiger partial charge in [0, 0.05) is 36.3 Å². The van der Waals surface area contributed by atoms with E-state index in [9.17, 15) is 23.1 Å². The van der Waals surface area contributed by atoms with Crippen LogP contribution in [0.15, 0.2) is 58.2 Å².